The molecule has 5 heteroatoms. The molecule has 0 aliphatic carbocycles. The monoisotopic (exact) mass is 325 g/mol. The van der Waals surface area contributed by atoms with E-state index < -0.39 is 0 Å². The van der Waals surface area contributed by atoms with Crippen molar-refractivity contribution in [2.75, 3.05) is 20.2 Å². The highest BCUT2D eigenvalue weighted by Gasteiger charge is 2.20. The molecule has 0 unspecified atom stereocenters. The van der Waals surface area contributed by atoms with Crippen LogP contribution in [0.2, 0.25) is 0 Å². The van der Waals surface area contributed by atoms with Crippen molar-refractivity contribution in [3.8, 4) is 16.9 Å². The Morgan fingerprint density at radius 1 is 1.29 bits per heavy atom. The average molecular weight is 325 g/mol. The summed E-state index contributed by atoms with van der Waals surface area (Å²) < 4.78 is 5.30. The van der Waals surface area contributed by atoms with Gasteiger partial charge in [0.25, 0.3) is 0 Å². The van der Waals surface area contributed by atoms with Gasteiger partial charge in [-0.25, -0.2) is 0 Å². The highest BCUT2D eigenvalue weighted by molar-refractivity contribution is 5.79. The van der Waals surface area contributed by atoms with Gasteiger partial charge in [0.15, 0.2) is 0 Å². The van der Waals surface area contributed by atoms with Crippen LogP contribution in [0.1, 0.15) is 18.5 Å². The van der Waals surface area contributed by atoms with E-state index in [1.54, 1.807) is 13.3 Å². The second-order valence-corrected chi connectivity index (χ2v) is 5.97. The molecule has 1 aromatic heterocycles. The van der Waals surface area contributed by atoms with E-state index in [-0.39, 0.29) is 11.8 Å². The molecule has 1 saturated heterocycles. The smallest absolute Gasteiger partial charge is 0.223 e. The van der Waals surface area contributed by atoms with Crippen LogP contribution in [-0.2, 0) is 11.3 Å². The van der Waals surface area contributed by atoms with E-state index in [1.165, 1.54) is 0 Å². The molecule has 1 amide bonds. The topological polar surface area (TPSA) is 63.2 Å². The van der Waals surface area contributed by atoms with Crippen LogP contribution in [0.25, 0.3) is 11.1 Å². The zero-order valence-electron chi connectivity index (χ0n) is 13.9. The maximum absolute atomic E-state index is 12.3. The molecule has 5 nitrogen and oxygen atoms in total. The Morgan fingerprint density at radius 3 is 2.92 bits per heavy atom. The third-order valence-electron chi connectivity index (χ3n) is 4.41. The number of ether oxygens (including phenoxy) is 1. The second-order valence-electron chi connectivity index (χ2n) is 5.97. The Kier molecular flexibility index (Phi) is 5.43. The largest absolute Gasteiger partial charge is 0.497 e. The van der Waals surface area contributed by atoms with Crippen LogP contribution in [0.15, 0.2) is 42.6 Å². The Labute approximate surface area is 142 Å². The highest BCUT2D eigenvalue weighted by Crippen LogP contribution is 2.26. The molecule has 1 aliphatic rings. The van der Waals surface area contributed by atoms with Crippen LogP contribution in [0.4, 0.5) is 0 Å². The van der Waals surface area contributed by atoms with Crippen LogP contribution in [-0.4, -0.2) is 31.1 Å². The number of nitrogens with zero attached hydrogens (tertiary/aromatic N) is 1. The van der Waals surface area contributed by atoms with Crippen molar-refractivity contribution < 1.29 is 9.53 Å². The van der Waals surface area contributed by atoms with Crippen LogP contribution in [0.5, 0.6) is 5.75 Å². The van der Waals surface area contributed by atoms with E-state index in [2.05, 4.69) is 15.6 Å². The maximum atomic E-state index is 12.3. The predicted octanol–water partition coefficient (Wildman–Crippen LogP) is 2.37. The van der Waals surface area contributed by atoms with Gasteiger partial charge in [-0.05, 0) is 49.7 Å². The maximum Gasteiger partial charge on any atom is 0.223 e. The van der Waals surface area contributed by atoms with Gasteiger partial charge in [-0.3, -0.25) is 9.78 Å². The molecule has 0 spiro atoms. The van der Waals surface area contributed by atoms with Crippen molar-refractivity contribution >= 4 is 5.91 Å². The van der Waals surface area contributed by atoms with Crippen molar-refractivity contribution in [3.63, 3.8) is 0 Å². The van der Waals surface area contributed by atoms with Gasteiger partial charge in [0.05, 0.1) is 19.3 Å². The fourth-order valence-electron chi connectivity index (χ4n) is 3.03. The molecule has 2 heterocycles. The van der Waals surface area contributed by atoms with Crippen molar-refractivity contribution in [1.82, 2.24) is 15.6 Å². The first-order chi connectivity index (χ1) is 11.8. The van der Waals surface area contributed by atoms with Gasteiger partial charge in [-0.2, -0.15) is 0 Å². The van der Waals surface area contributed by atoms with Gasteiger partial charge in [0.2, 0.25) is 5.91 Å². The number of pyridine rings is 1. The molecule has 1 aromatic carbocycles. The summed E-state index contributed by atoms with van der Waals surface area (Å²) in [4.78, 5) is 16.8. The van der Waals surface area contributed by atoms with Gasteiger partial charge >= 0.3 is 0 Å². The molecule has 126 valence electrons. The summed E-state index contributed by atoms with van der Waals surface area (Å²) in [5.74, 6) is 1.04. The van der Waals surface area contributed by atoms with Crippen LogP contribution in [0.3, 0.4) is 0 Å². The summed E-state index contributed by atoms with van der Waals surface area (Å²) in [7, 11) is 1.66. The number of methoxy groups -OCH3 is 1. The summed E-state index contributed by atoms with van der Waals surface area (Å²) in [6.45, 7) is 2.27. The molecule has 0 bridgehead atoms. The molecular weight excluding hydrogens is 302 g/mol. The summed E-state index contributed by atoms with van der Waals surface area (Å²) >= 11 is 0. The molecule has 2 aromatic rings. The molecule has 0 radical (unpaired) electrons. The summed E-state index contributed by atoms with van der Waals surface area (Å²) in [6.07, 6.45) is 3.56. The van der Waals surface area contributed by atoms with Crippen molar-refractivity contribution in [3.05, 3.63) is 48.3 Å². The lowest BCUT2D eigenvalue weighted by atomic mass is 9.97. The lowest BCUT2D eigenvalue weighted by molar-refractivity contribution is -0.125. The molecule has 0 saturated carbocycles. The molecule has 0 atom stereocenters. The Balaban J connectivity index is 1.73. The van der Waals surface area contributed by atoms with Crippen LogP contribution < -0.4 is 15.4 Å². The first-order valence-corrected chi connectivity index (χ1v) is 8.34. The third kappa shape index (κ3) is 3.92. The first kappa shape index (κ1) is 16.5. The first-order valence-electron chi connectivity index (χ1n) is 8.34. The molecule has 2 N–H and O–H groups in total. The fourth-order valence-corrected chi connectivity index (χ4v) is 3.03. The van der Waals surface area contributed by atoms with E-state index in [9.17, 15) is 4.79 Å². The number of amides is 1. The summed E-state index contributed by atoms with van der Waals surface area (Å²) in [6, 6.07) is 11.8. The van der Waals surface area contributed by atoms with Crippen molar-refractivity contribution in [2.45, 2.75) is 19.4 Å². The second kappa shape index (κ2) is 7.93. The van der Waals surface area contributed by atoms with Gasteiger partial charge in [-0.15, -0.1) is 0 Å². The quantitative estimate of drug-likeness (QED) is 0.886. The number of piperidine rings is 1. The van der Waals surface area contributed by atoms with E-state index in [4.69, 9.17) is 4.74 Å². The lowest BCUT2D eigenvalue weighted by Gasteiger charge is -2.22. The van der Waals surface area contributed by atoms with Crippen LogP contribution in [0, 0.1) is 5.92 Å². The fraction of sp³-hybridized carbons (Fsp3) is 0.368. The highest BCUT2D eigenvalue weighted by atomic mass is 16.5. The lowest BCUT2D eigenvalue weighted by Crippen LogP contribution is -2.38. The Bertz CT molecular complexity index is 697. The van der Waals surface area contributed by atoms with Gasteiger partial charge in [0, 0.05) is 17.7 Å². The molecular formula is C19H23N3O2. The standard InChI is InChI=1S/C19H23N3O2/c1-24-16-5-2-4-15(12-16)17-6-3-9-21-18(17)13-22-19(23)14-7-10-20-11-8-14/h2-6,9,12,14,20H,7-8,10-11,13H2,1H3,(H,22,23). The Morgan fingerprint density at radius 2 is 2.12 bits per heavy atom. The minimum Gasteiger partial charge on any atom is -0.497 e. The normalized spacial score (nSPS) is 15.0. The molecule has 24 heavy (non-hydrogen) atoms. The number of nitrogens with one attached hydrogen (secondary N) is 2. The number of hydrogen-bond acceptors (Lipinski definition) is 4. The van der Waals surface area contributed by atoms with E-state index in [0.717, 1.165) is 48.5 Å². The number of rotatable bonds is 5. The zero-order chi connectivity index (χ0) is 16.8. The van der Waals surface area contributed by atoms with E-state index in [1.807, 2.05) is 36.4 Å². The number of carbonyl (C=O) groups is 1. The Hall–Kier alpha value is -2.40. The molecule has 3 rings (SSSR count). The minimum atomic E-state index is 0.107. The van der Waals surface area contributed by atoms with Gasteiger partial charge < -0.3 is 15.4 Å². The number of aromatic nitrogens is 1. The number of benzene rings is 1. The van der Waals surface area contributed by atoms with Gasteiger partial charge in [0.1, 0.15) is 5.75 Å². The SMILES string of the molecule is COc1cccc(-c2cccnc2CNC(=O)C2CCNCC2)c1. The van der Waals surface area contributed by atoms with Crippen LogP contribution >= 0.6 is 0 Å². The zero-order valence-corrected chi connectivity index (χ0v) is 13.9. The van der Waals surface area contributed by atoms with Gasteiger partial charge in [-0.1, -0.05) is 18.2 Å². The van der Waals surface area contributed by atoms with E-state index in [0.29, 0.717) is 6.54 Å². The number of carbonyl (C=O) groups excluding carboxylic acids is 1. The van der Waals surface area contributed by atoms with Crippen molar-refractivity contribution in [2.24, 2.45) is 5.92 Å². The number of hydrogen-bond donors (Lipinski definition) is 2. The van der Waals surface area contributed by atoms with E-state index >= 15 is 0 Å². The van der Waals surface area contributed by atoms with Crippen molar-refractivity contribution in [1.29, 1.82) is 0 Å². The molecule has 1 aliphatic heterocycles. The third-order valence-corrected chi connectivity index (χ3v) is 4.41. The average Bonchev–Trinajstić information content (AvgIpc) is 2.67. The summed E-state index contributed by atoms with van der Waals surface area (Å²) in [5, 5.41) is 6.33. The summed E-state index contributed by atoms with van der Waals surface area (Å²) in [5.41, 5.74) is 2.92. The molecule has 1 fully saturated rings. The predicted molar refractivity (Wildman–Crippen MR) is 93.7 cm³/mol. The minimum absolute atomic E-state index is 0.107.